The summed E-state index contributed by atoms with van der Waals surface area (Å²) < 4.78 is 0. The van der Waals surface area contributed by atoms with Gasteiger partial charge in [-0.05, 0) is 74.3 Å². The first kappa shape index (κ1) is 13.4. The van der Waals surface area contributed by atoms with E-state index in [0.717, 1.165) is 29.3 Å². The highest BCUT2D eigenvalue weighted by Gasteiger charge is 2.13. The predicted octanol–water partition coefficient (Wildman–Crippen LogP) is 3.80. The Morgan fingerprint density at radius 3 is 2.50 bits per heavy atom. The summed E-state index contributed by atoms with van der Waals surface area (Å²) in [6.45, 7) is 7.71. The van der Waals surface area contributed by atoms with Crippen molar-refractivity contribution in [2.75, 3.05) is 19.6 Å². The second-order valence-corrected chi connectivity index (χ2v) is 6.03. The molecular weight excluding hydrogens is 246 g/mol. The van der Waals surface area contributed by atoms with Crippen LogP contribution >= 0.6 is 0 Å². The third kappa shape index (κ3) is 2.53. The largest absolute Gasteiger partial charge is 0.507 e. The summed E-state index contributed by atoms with van der Waals surface area (Å²) in [7, 11) is 0. The van der Waals surface area contributed by atoms with Crippen LogP contribution in [0.4, 0.5) is 0 Å². The SMILES string of the molecule is Cc1cc2ccc(CCN3CCCC3)c(O)c2cc1C. The number of hydrogen-bond donors (Lipinski definition) is 1. The van der Waals surface area contributed by atoms with Crippen molar-refractivity contribution in [2.24, 2.45) is 0 Å². The molecule has 106 valence electrons. The molecule has 0 unspecified atom stereocenters. The van der Waals surface area contributed by atoms with E-state index in [9.17, 15) is 5.11 Å². The first-order valence-electron chi connectivity index (χ1n) is 7.59. The van der Waals surface area contributed by atoms with E-state index in [1.165, 1.54) is 37.1 Å². The maximum absolute atomic E-state index is 10.5. The van der Waals surface area contributed by atoms with Gasteiger partial charge in [-0.25, -0.2) is 0 Å². The fraction of sp³-hybridized carbons (Fsp3) is 0.444. The Hall–Kier alpha value is -1.54. The molecule has 0 radical (unpaired) electrons. The van der Waals surface area contributed by atoms with Crippen LogP contribution in [0.15, 0.2) is 24.3 Å². The molecule has 0 aromatic heterocycles. The summed E-state index contributed by atoms with van der Waals surface area (Å²) in [5.41, 5.74) is 3.60. The summed E-state index contributed by atoms with van der Waals surface area (Å²) in [4.78, 5) is 2.49. The summed E-state index contributed by atoms with van der Waals surface area (Å²) in [5.74, 6) is 0.477. The molecule has 0 amide bonds. The van der Waals surface area contributed by atoms with Crippen molar-refractivity contribution in [3.63, 3.8) is 0 Å². The zero-order valence-corrected chi connectivity index (χ0v) is 12.4. The van der Waals surface area contributed by atoms with E-state index in [1.54, 1.807) is 0 Å². The Bertz CT molecular complexity index is 627. The second kappa shape index (κ2) is 5.45. The molecule has 2 aromatic carbocycles. The Morgan fingerprint density at radius 1 is 1.05 bits per heavy atom. The van der Waals surface area contributed by atoms with Crippen molar-refractivity contribution in [3.05, 3.63) is 41.0 Å². The minimum absolute atomic E-state index is 0.477. The maximum atomic E-state index is 10.5. The maximum Gasteiger partial charge on any atom is 0.126 e. The number of nitrogens with zero attached hydrogens (tertiary/aromatic N) is 1. The Kier molecular flexibility index (Phi) is 3.66. The highest BCUT2D eigenvalue weighted by molar-refractivity contribution is 5.90. The van der Waals surface area contributed by atoms with Crippen LogP contribution in [0.1, 0.15) is 29.5 Å². The van der Waals surface area contributed by atoms with E-state index in [1.807, 2.05) is 0 Å². The van der Waals surface area contributed by atoms with Gasteiger partial charge in [0.25, 0.3) is 0 Å². The molecule has 0 spiro atoms. The zero-order valence-electron chi connectivity index (χ0n) is 12.4. The standard InChI is InChI=1S/C18H23NO/c1-13-11-16-6-5-15(7-10-19-8-3-4-9-19)18(20)17(16)12-14(13)2/h5-6,11-12,20H,3-4,7-10H2,1-2H3. The first-order valence-corrected chi connectivity index (χ1v) is 7.59. The van der Waals surface area contributed by atoms with E-state index in [-0.39, 0.29) is 0 Å². The van der Waals surface area contributed by atoms with Crippen molar-refractivity contribution in [1.29, 1.82) is 0 Å². The van der Waals surface area contributed by atoms with Crippen LogP contribution in [0, 0.1) is 13.8 Å². The van der Waals surface area contributed by atoms with Crippen LogP contribution in [-0.4, -0.2) is 29.6 Å². The van der Waals surface area contributed by atoms with E-state index in [0.29, 0.717) is 5.75 Å². The molecular formula is C18H23NO. The minimum Gasteiger partial charge on any atom is -0.507 e. The fourth-order valence-corrected chi connectivity index (χ4v) is 3.11. The van der Waals surface area contributed by atoms with Gasteiger partial charge in [-0.1, -0.05) is 18.2 Å². The number of phenolic OH excluding ortho intramolecular Hbond substituents is 1. The molecule has 0 bridgehead atoms. The van der Waals surface area contributed by atoms with Gasteiger partial charge in [-0.3, -0.25) is 0 Å². The first-order chi connectivity index (χ1) is 9.65. The highest BCUT2D eigenvalue weighted by atomic mass is 16.3. The van der Waals surface area contributed by atoms with E-state index < -0.39 is 0 Å². The number of aromatic hydroxyl groups is 1. The van der Waals surface area contributed by atoms with E-state index in [4.69, 9.17) is 0 Å². The lowest BCUT2D eigenvalue weighted by atomic mass is 9.98. The van der Waals surface area contributed by atoms with Crippen LogP contribution < -0.4 is 0 Å². The predicted molar refractivity (Wildman–Crippen MR) is 84.5 cm³/mol. The summed E-state index contributed by atoms with van der Waals surface area (Å²) in [5, 5.41) is 12.6. The molecule has 2 nitrogen and oxygen atoms in total. The summed E-state index contributed by atoms with van der Waals surface area (Å²) >= 11 is 0. The molecule has 20 heavy (non-hydrogen) atoms. The minimum atomic E-state index is 0.477. The molecule has 2 heteroatoms. The molecule has 1 saturated heterocycles. The zero-order chi connectivity index (χ0) is 14.1. The second-order valence-electron chi connectivity index (χ2n) is 6.03. The van der Waals surface area contributed by atoms with Crippen molar-refractivity contribution < 1.29 is 5.11 Å². The molecule has 1 aliphatic rings. The van der Waals surface area contributed by atoms with Crippen molar-refractivity contribution in [2.45, 2.75) is 33.1 Å². The molecule has 0 aliphatic carbocycles. The lowest BCUT2D eigenvalue weighted by molar-refractivity contribution is 0.341. The van der Waals surface area contributed by atoms with Gasteiger partial charge in [0.1, 0.15) is 5.75 Å². The molecule has 1 aliphatic heterocycles. The fourth-order valence-electron chi connectivity index (χ4n) is 3.11. The lowest BCUT2D eigenvalue weighted by Crippen LogP contribution is -2.21. The molecule has 2 aromatic rings. The van der Waals surface area contributed by atoms with Crippen molar-refractivity contribution in [1.82, 2.24) is 4.90 Å². The van der Waals surface area contributed by atoms with Crippen LogP contribution in [0.25, 0.3) is 10.8 Å². The van der Waals surface area contributed by atoms with Gasteiger partial charge in [-0.2, -0.15) is 0 Å². The van der Waals surface area contributed by atoms with E-state index >= 15 is 0 Å². The molecule has 3 rings (SSSR count). The molecule has 0 saturated carbocycles. The van der Waals surface area contributed by atoms with Gasteiger partial charge in [0.2, 0.25) is 0 Å². The topological polar surface area (TPSA) is 23.5 Å². The average molecular weight is 269 g/mol. The number of fused-ring (bicyclic) bond motifs is 1. The average Bonchev–Trinajstić information content (AvgIpc) is 2.94. The van der Waals surface area contributed by atoms with Gasteiger partial charge in [0.15, 0.2) is 0 Å². The number of hydrogen-bond acceptors (Lipinski definition) is 2. The molecule has 1 N–H and O–H groups in total. The van der Waals surface area contributed by atoms with Gasteiger partial charge >= 0.3 is 0 Å². The van der Waals surface area contributed by atoms with Crippen LogP contribution in [0.3, 0.4) is 0 Å². The van der Waals surface area contributed by atoms with Gasteiger partial charge in [0.05, 0.1) is 0 Å². The van der Waals surface area contributed by atoms with Crippen molar-refractivity contribution in [3.8, 4) is 5.75 Å². The highest BCUT2D eigenvalue weighted by Crippen LogP contribution is 2.31. The van der Waals surface area contributed by atoms with Crippen molar-refractivity contribution >= 4 is 10.8 Å². The third-order valence-electron chi connectivity index (χ3n) is 4.59. The Balaban J connectivity index is 1.88. The number of rotatable bonds is 3. The normalized spacial score (nSPS) is 16.1. The summed E-state index contributed by atoms with van der Waals surface area (Å²) in [6, 6.07) is 8.50. The van der Waals surface area contributed by atoms with Gasteiger partial charge in [0, 0.05) is 11.9 Å². The molecule has 1 fully saturated rings. The van der Waals surface area contributed by atoms with Gasteiger partial charge < -0.3 is 10.0 Å². The summed E-state index contributed by atoms with van der Waals surface area (Å²) in [6.07, 6.45) is 3.58. The third-order valence-corrected chi connectivity index (χ3v) is 4.59. The van der Waals surface area contributed by atoms with Crippen LogP contribution in [0.2, 0.25) is 0 Å². The number of aryl methyl sites for hydroxylation is 2. The smallest absolute Gasteiger partial charge is 0.126 e. The number of likely N-dealkylation sites (tertiary alicyclic amines) is 1. The van der Waals surface area contributed by atoms with Crippen LogP contribution in [0.5, 0.6) is 5.75 Å². The molecule has 1 heterocycles. The monoisotopic (exact) mass is 269 g/mol. The Labute approximate surface area is 121 Å². The number of phenols is 1. The quantitative estimate of drug-likeness (QED) is 0.916. The van der Waals surface area contributed by atoms with Crippen LogP contribution in [-0.2, 0) is 6.42 Å². The van der Waals surface area contributed by atoms with Gasteiger partial charge in [-0.15, -0.1) is 0 Å². The molecule has 0 atom stereocenters. The van der Waals surface area contributed by atoms with E-state index in [2.05, 4.69) is 43.0 Å². The number of benzene rings is 2. The Morgan fingerprint density at radius 2 is 1.75 bits per heavy atom. The lowest BCUT2D eigenvalue weighted by Gasteiger charge is -2.16.